The van der Waals surface area contributed by atoms with E-state index in [0.717, 1.165) is 11.3 Å². The van der Waals surface area contributed by atoms with Crippen LogP contribution < -0.4 is 5.73 Å². The van der Waals surface area contributed by atoms with E-state index in [1.807, 2.05) is 0 Å². The first-order chi connectivity index (χ1) is 13.9. The van der Waals surface area contributed by atoms with E-state index in [2.05, 4.69) is 0 Å². The number of carbonyl (C=O) groups is 4. The maximum Gasteiger partial charge on any atom is 0.358 e. The third-order valence-corrected chi connectivity index (χ3v) is 6.22. The minimum atomic E-state index is -0.868. The molecular weight excluding hydrogens is 412 g/mol. The van der Waals surface area contributed by atoms with E-state index >= 15 is 0 Å². The van der Waals surface area contributed by atoms with Crippen LogP contribution in [0.5, 0.6) is 0 Å². The third kappa shape index (κ3) is 3.84. The van der Waals surface area contributed by atoms with Crippen molar-refractivity contribution in [3.8, 4) is 0 Å². The highest BCUT2D eigenvalue weighted by molar-refractivity contribution is 7.15. The topological polar surface area (TPSA) is 136 Å². The van der Waals surface area contributed by atoms with Crippen LogP contribution in [0.2, 0.25) is 0 Å². The third-order valence-electron chi connectivity index (χ3n) is 5.06. The molecule has 10 heteroatoms. The lowest BCUT2D eigenvalue weighted by atomic mass is 9.83. The van der Waals surface area contributed by atoms with Gasteiger partial charge in [-0.2, -0.15) is 0 Å². The summed E-state index contributed by atoms with van der Waals surface area (Å²) in [5, 5.41) is 9.93. The number of aliphatic hydroxyl groups is 1. The maximum absolute atomic E-state index is 12.8. The number of amides is 2. The number of hydrogen-bond acceptors (Lipinski definition) is 8. The average molecular weight is 436 g/mol. The summed E-state index contributed by atoms with van der Waals surface area (Å²) in [4.78, 5) is 50.9. The molecule has 9 nitrogen and oxygen atoms in total. The number of hydrogen-bond donors (Lipinski definition) is 2. The highest BCUT2D eigenvalue weighted by Gasteiger charge is 2.57. The fourth-order valence-electron chi connectivity index (χ4n) is 3.53. The molecular formula is C20H24N2O7S. The van der Waals surface area contributed by atoms with E-state index in [9.17, 15) is 24.3 Å². The van der Waals surface area contributed by atoms with E-state index in [1.165, 1.54) is 11.8 Å². The molecule has 1 aromatic rings. The van der Waals surface area contributed by atoms with Crippen molar-refractivity contribution < 1.29 is 33.8 Å². The second-order valence-electron chi connectivity index (χ2n) is 8.33. The fraction of sp³-hybridized carbons (Fsp3) is 0.500. The normalized spacial score (nSPS) is 21.8. The second kappa shape index (κ2) is 7.84. The minimum Gasteiger partial charge on any atom is -0.427 e. The molecule has 0 aromatic carbocycles. The van der Waals surface area contributed by atoms with E-state index < -0.39 is 42.1 Å². The number of rotatable bonds is 6. The summed E-state index contributed by atoms with van der Waals surface area (Å²) in [5.74, 6) is -2.95. The number of nitrogens with zero attached hydrogens (tertiary/aromatic N) is 1. The molecule has 0 bridgehead atoms. The molecule has 0 aliphatic carbocycles. The molecule has 3 rings (SSSR count). The van der Waals surface area contributed by atoms with Crippen LogP contribution in [-0.4, -0.2) is 52.7 Å². The predicted octanol–water partition coefficient (Wildman–Crippen LogP) is 1.26. The van der Waals surface area contributed by atoms with Gasteiger partial charge in [-0.25, -0.2) is 4.79 Å². The Bertz CT molecular complexity index is 941. The molecule has 3 unspecified atom stereocenters. The van der Waals surface area contributed by atoms with Crippen LogP contribution in [0.15, 0.2) is 17.8 Å². The predicted molar refractivity (Wildman–Crippen MR) is 107 cm³/mol. The van der Waals surface area contributed by atoms with Crippen LogP contribution in [0, 0.1) is 11.3 Å². The van der Waals surface area contributed by atoms with E-state index in [-0.39, 0.29) is 17.6 Å². The summed E-state index contributed by atoms with van der Waals surface area (Å²) in [5.41, 5.74) is 5.13. The summed E-state index contributed by atoms with van der Waals surface area (Å²) in [6.07, 6.45) is -0.542. The van der Waals surface area contributed by atoms with Gasteiger partial charge in [-0.05, 0) is 46.2 Å². The first kappa shape index (κ1) is 22.0. The Labute approximate surface area is 177 Å². The van der Waals surface area contributed by atoms with Gasteiger partial charge >= 0.3 is 11.9 Å². The second-order valence-corrected chi connectivity index (χ2v) is 9.42. The number of ether oxygens (including phenoxy) is 2. The van der Waals surface area contributed by atoms with Gasteiger partial charge in [-0.15, -0.1) is 11.3 Å². The van der Waals surface area contributed by atoms with Crippen molar-refractivity contribution >= 4 is 40.7 Å². The van der Waals surface area contributed by atoms with Crippen molar-refractivity contribution in [1.82, 2.24) is 4.90 Å². The van der Waals surface area contributed by atoms with Gasteiger partial charge in [0.15, 0.2) is 0 Å². The van der Waals surface area contributed by atoms with Crippen molar-refractivity contribution in [3.63, 3.8) is 0 Å². The largest absolute Gasteiger partial charge is 0.427 e. The molecule has 1 aromatic heterocycles. The smallest absolute Gasteiger partial charge is 0.358 e. The van der Waals surface area contributed by atoms with E-state index in [4.69, 9.17) is 15.2 Å². The van der Waals surface area contributed by atoms with Crippen LogP contribution in [0.1, 0.15) is 48.7 Å². The summed E-state index contributed by atoms with van der Waals surface area (Å²) in [7, 11) is 0. The zero-order valence-corrected chi connectivity index (χ0v) is 17.9. The SMILES string of the molecule is CC(O)C1C(=O)N2C(C(=O)OCOC(=O)C(C)(C)C)=C(c3ccc(C(N)=O)s3)CC12. The molecule has 0 radical (unpaired) electrons. The summed E-state index contributed by atoms with van der Waals surface area (Å²) >= 11 is 1.11. The Hall–Kier alpha value is -2.72. The number of fused-ring (bicyclic) bond motifs is 1. The van der Waals surface area contributed by atoms with Crippen molar-refractivity contribution in [3.05, 3.63) is 27.6 Å². The van der Waals surface area contributed by atoms with Crippen molar-refractivity contribution in [2.45, 2.75) is 46.3 Å². The molecule has 3 heterocycles. The van der Waals surface area contributed by atoms with Gasteiger partial charge in [-0.3, -0.25) is 14.4 Å². The molecule has 0 spiro atoms. The monoisotopic (exact) mass is 436 g/mol. The number of primary amides is 1. The minimum absolute atomic E-state index is 0.0339. The first-order valence-electron chi connectivity index (χ1n) is 9.42. The maximum atomic E-state index is 12.8. The Morgan fingerprint density at radius 2 is 1.97 bits per heavy atom. The highest BCUT2D eigenvalue weighted by Crippen LogP contribution is 2.48. The first-order valence-corrected chi connectivity index (χ1v) is 10.2. The lowest BCUT2D eigenvalue weighted by Gasteiger charge is -2.44. The molecule has 162 valence electrons. The Kier molecular flexibility index (Phi) is 5.74. The van der Waals surface area contributed by atoms with Crippen LogP contribution in [-0.2, 0) is 23.9 Å². The molecule has 2 aliphatic heterocycles. The standard InChI is InChI=1S/C20H24N2O7S/c1-9(23)14-11-7-10(12-5-6-13(30-12)16(21)24)15(22(11)17(14)25)18(26)28-8-29-19(27)20(2,3)4/h5-6,9,11,14,23H,7-8H2,1-4H3,(H2,21,24). The fourth-order valence-corrected chi connectivity index (χ4v) is 4.45. The summed E-state index contributed by atoms with van der Waals surface area (Å²) in [6, 6.07) is 2.82. The summed E-state index contributed by atoms with van der Waals surface area (Å²) < 4.78 is 10.1. The Balaban J connectivity index is 1.85. The van der Waals surface area contributed by atoms with Gasteiger partial charge in [0.05, 0.1) is 28.4 Å². The molecule has 2 aliphatic rings. The molecule has 30 heavy (non-hydrogen) atoms. The Morgan fingerprint density at radius 1 is 1.30 bits per heavy atom. The number of nitrogens with two attached hydrogens (primary N) is 1. The molecule has 3 atom stereocenters. The van der Waals surface area contributed by atoms with Crippen molar-refractivity contribution in [2.24, 2.45) is 17.1 Å². The summed E-state index contributed by atoms with van der Waals surface area (Å²) in [6.45, 7) is 5.94. The zero-order chi connectivity index (χ0) is 22.4. The number of aliphatic hydroxyl groups excluding tert-OH is 1. The van der Waals surface area contributed by atoms with Crippen molar-refractivity contribution in [2.75, 3.05) is 6.79 Å². The molecule has 0 saturated carbocycles. The average Bonchev–Trinajstić information content (AvgIpc) is 3.23. The number of carbonyl (C=O) groups excluding carboxylic acids is 4. The van der Waals surface area contributed by atoms with Crippen molar-refractivity contribution in [1.29, 1.82) is 0 Å². The molecule has 2 amide bonds. The van der Waals surface area contributed by atoms with Crippen LogP contribution in [0.25, 0.3) is 5.57 Å². The van der Waals surface area contributed by atoms with Crippen LogP contribution in [0.4, 0.5) is 0 Å². The van der Waals surface area contributed by atoms with Crippen LogP contribution >= 0.6 is 11.3 Å². The number of β-lactam (4-membered cyclic amide) rings is 1. The highest BCUT2D eigenvalue weighted by atomic mass is 32.1. The van der Waals surface area contributed by atoms with Gasteiger partial charge in [-0.1, -0.05) is 0 Å². The van der Waals surface area contributed by atoms with Gasteiger partial charge in [0.1, 0.15) is 5.70 Å². The van der Waals surface area contributed by atoms with Gasteiger partial charge in [0.2, 0.25) is 12.7 Å². The Morgan fingerprint density at radius 3 is 2.50 bits per heavy atom. The molecule has 1 fully saturated rings. The zero-order valence-electron chi connectivity index (χ0n) is 17.1. The van der Waals surface area contributed by atoms with E-state index in [0.29, 0.717) is 21.7 Å². The lowest BCUT2D eigenvalue weighted by molar-refractivity contribution is -0.175. The van der Waals surface area contributed by atoms with Crippen LogP contribution in [0.3, 0.4) is 0 Å². The quantitative estimate of drug-likeness (QED) is 0.389. The van der Waals surface area contributed by atoms with Gasteiger partial charge in [0, 0.05) is 10.5 Å². The molecule has 3 N–H and O–H groups in total. The number of thiophene rings is 1. The lowest BCUT2D eigenvalue weighted by Crippen LogP contribution is -2.61. The van der Waals surface area contributed by atoms with Gasteiger partial charge in [0.25, 0.3) is 5.91 Å². The number of esters is 2. The van der Waals surface area contributed by atoms with Gasteiger partial charge < -0.3 is 25.2 Å². The molecule has 1 saturated heterocycles. The van der Waals surface area contributed by atoms with E-state index in [1.54, 1.807) is 32.9 Å².